The van der Waals surface area contributed by atoms with Crippen LogP contribution in [0.4, 0.5) is 0 Å². The molecule has 6 nitrogen and oxygen atoms in total. The molecule has 0 unspecified atom stereocenters. The first-order valence-electron chi connectivity index (χ1n) is 7.56. The van der Waals surface area contributed by atoms with Gasteiger partial charge in [0, 0.05) is 17.3 Å². The van der Waals surface area contributed by atoms with Gasteiger partial charge in [-0.15, -0.1) is 0 Å². The van der Waals surface area contributed by atoms with E-state index in [9.17, 15) is 13.2 Å². The van der Waals surface area contributed by atoms with Crippen LogP contribution in [0.15, 0.2) is 66.9 Å². The van der Waals surface area contributed by atoms with Gasteiger partial charge in [0.1, 0.15) is 5.75 Å². The molecule has 3 rings (SSSR count). The van der Waals surface area contributed by atoms with Crippen LogP contribution in [0.2, 0.25) is 0 Å². The Hall–Kier alpha value is -2.93. The van der Waals surface area contributed by atoms with Crippen molar-refractivity contribution in [3.8, 4) is 16.9 Å². The van der Waals surface area contributed by atoms with Crippen molar-refractivity contribution in [2.24, 2.45) is 0 Å². The Morgan fingerprint density at radius 3 is 2.20 bits per heavy atom. The molecule has 0 saturated heterocycles. The maximum Gasteiger partial charge on any atom is 0.318 e. The molecule has 1 aromatic heterocycles. The standard InChI is InChI=1S/C18H16N2O4S/c21-17(22)13-25(23,24)12-15-11-20(16-9-5-2-6-10-16)19-18(15)14-7-3-1-4-8-14/h1-11H,12-13H2,(H,21,22). The summed E-state index contributed by atoms with van der Waals surface area (Å²) >= 11 is 0. The molecule has 0 aliphatic carbocycles. The van der Waals surface area contributed by atoms with Crippen molar-refractivity contribution >= 4 is 15.8 Å². The summed E-state index contributed by atoms with van der Waals surface area (Å²) in [6.45, 7) is 0. The van der Waals surface area contributed by atoms with E-state index in [0.717, 1.165) is 11.3 Å². The van der Waals surface area contributed by atoms with Crippen molar-refractivity contribution in [2.45, 2.75) is 5.75 Å². The molecule has 128 valence electrons. The minimum atomic E-state index is -3.79. The van der Waals surface area contributed by atoms with Gasteiger partial charge in [-0.25, -0.2) is 13.1 Å². The predicted octanol–water partition coefficient (Wildman–Crippen LogP) is 2.54. The van der Waals surface area contributed by atoms with E-state index < -0.39 is 21.6 Å². The fourth-order valence-corrected chi connectivity index (χ4v) is 3.71. The second kappa shape index (κ2) is 6.90. The topological polar surface area (TPSA) is 89.3 Å². The van der Waals surface area contributed by atoms with Crippen molar-refractivity contribution in [3.63, 3.8) is 0 Å². The lowest BCUT2D eigenvalue weighted by molar-refractivity contribution is -0.134. The molecule has 1 N–H and O–H groups in total. The van der Waals surface area contributed by atoms with E-state index in [-0.39, 0.29) is 5.75 Å². The Bertz CT molecular complexity index is 980. The number of para-hydroxylation sites is 1. The molecule has 0 saturated carbocycles. The molecule has 25 heavy (non-hydrogen) atoms. The summed E-state index contributed by atoms with van der Waals surface area (Å²) in [6, 6.07) is 18.5. The average molecular weight is 356 g/mol. The molecule has 0 aliphatic heterocycles. The molecule has 1 heterocycles. The fraction of sp³-hybridized carbons (Fsp3) is 0.111. The third-order valence-corrected chi connectivity index (χ3v) is 5.01. The number of carboxylic acids is 1. The molecular weight excluding hydrogens is 340 g/mol. The lowest BCUT2D eigenvalue weighted by Gasteiger charge is -2.03. The summed E-state index contributed by atoms with van der Waals surface area (Å²) < 4.78 is 25.8. The van der Waals surface area contributed by atoms with Gasteiger partial charge in [-0.05, 0) is 12.1 Å². The molecule has 0 amide bonds. The van der Waals surface area contributed by atoms with Crippen LogP contribution in [-0.2, 0) is 20.4 Å². The second-order valence-corrected chi connectivity index (χ2v) is 7.64. The molecule has 7 heteroatoms. The number of carbonyl (C=O) groups is 1. The van der Waals surface area contributed by atoms with Gasteiger partial charge in [-0.3, -0.25) is 4.79 Å². The summed E-state index contributed by atoms with van der Waals surface area (Å²) in [4.78, 5) is 10.8. The van der Waals surface area contributed by atoms with Gasteiger partial charge < -0.3 is 5.11 Å². The normalized spacial score (nSPS) is 11.4. The van der Waals surface area contributed by atoms with E-state index >= 15 is 0 Å². The van der Waals surface area contributed by atoms with Gasteiger partial charge in [0.2, 0.25) is 0 Å². The third-order valence-electron chi connectivity index (χ3n) is 3.58. The van der Waals surface area contributed by atoms with Gasteiger partial charge in [0.15, 0.2) is 9.84 Å². The number of sulfone groups is 1. The summed E-state index contributed by atoms with van der Waals surface area (Å²) in [5.41, 5.74) is 2.56. The van der Waals surface area contributed by atoms with Gasteiger partial charge in [0.05, 0.1) is 17.1 Å². The number of carboxylic acid groups (broad SMARTS) is 1. The third kappa shape index (κ3) is 4.13. The lowest BCUT2D eigenvalue weighted by Crippen LogP contribution is -2.17. The van der Waals surface area contributed by atoms with Crippen molar-refractivity contribution in [1.82, 2.24) is 9.78 Å². The summed E-state index contributed by atoms with van der Waals surface area (Å²) in [5, 5.41) is 13.3. The summed E-state index contributed by atoms with van der Waals surface area (Å²) in [6.07, 6.45) is 1.64. The van der Waals surface area contributed by atoms with Crippen molar-refractivity contribution in [3.05, 3.63) is 72.4 Å². The van der Waals surface area contributed by atoms with Gasteiger partial charge in [-0.2, -0.15) is 5.10 Å². The zero-order chi connectivity index (χ0) is 17.9. The zero-order valence-electron chi connectivity index (χ0n) is 13.2. The number of nitrogens with zero attached hydrogens (tertiary/aromatic N) is 2. The highest BCUT2D eigenvalue weighted by atomic mass is 32.2. The Morgan fingerprint density at radius 1 is 1.00 bits per heavy atom. The maximum absolute atomic E-state index is 12.1. The smallest absolute Gasteiger partial charge is 0.318 e. The number of hydrogen-bond acceptors (Lipinski definition) is 4. The average Bonchev–Trinajstić information content (AvgIpc) is 2.98. The second-order valence-electron chi connectivity index (χ2n) is 5.58. The Kier molecular flexibility index (Phi) is 4.67. The van der Waals surface area contributed by atoms with E-state index in [1.807, 2.05) is 60.7 Å². The first-order chi connectivity index (χ1) is 11.9. The maximum atomic E-state index is 12.1. The van der Waals surface area contributed by atoms with Gasteiger partial charge in [0.25, 0.3) is 0 Å². The highest BCUT2D eigenvalue weighted by Gasteiger charge is 2.21. The number of aromatic nitrogens is 2. The van der Waals surface area contributed by atoms with E-state index in [2.05, 4.69) is 5.10 Å². The molecule has 0 bridgehead atoms. The first-order valence-corrected chi connectivity index (χ1v) is 9.38. The minimum Gasteiger partial charge on any atom is -0.480 e. The number of hydrogen-bond donors (Lipinski definition) is 1. The molecule has 0 radical (unpaired) electrons. The van der Waals surface area contributed by atoms with E-state index in [1.54, 1.807) is 10.9 Å². The molecule has 0 spiro atoms. The van der Waals surface area contributed by atoms with Gasteiger partial charge >= 0.3 is 5.97 Å². The summed E-state index contributed by atoms with van der Waals surface area (Å²) in [7, 11) is -3.79. The van der Waals surface area contributed by atoms with Crippen LogP contribution in [0.1, 0.15) is 5.56 Å². The van der Waals surface area contributed by atoms with Crippen LogP contribution in [0.25, 0.3) is 16.9 Å². The van der Waals surface area contributed by atoms with Crippen LogP contribution in [0.3, 0.4) is 0 Å². The first kappa shape index (κ1) is 16.9. The Labute approximate surface area is 145 Å². The Balaban J connectivity index is 2.06. The molecular formula is C18H16N2O4S. The van der Waals surface area contributed by atoms with Crippen molar-refractivity contribution < 1.29 is 18.3 Å². The highest BCUT2D eigenvalue weighted by Crippen LogP contribution is 2.25. The fourth-order valence-electron chi connectivity index (χ4n) is 2.54. The van der Waals surface area contributed by atoms with Crippen LogP contribution in [0.5, 0.6) is 0 Å². The van der Waals surface area contributed by atoms with Gasteiger partial charge in [-0.1, -0.05) is 48.5 Å². The number of rotatable bonds is 6. The molecule has 0 atom stereocenters. The van der Waals surface area contributed by atoms with Crippen LogP contribution in [-0.4, -0.2) is 35.0 Å². The number of benzene rings is 2. The number of aliphatic carboxylic acids is 1. The molecule has 3 aromatic rings. The van der Waals surface area contributed by atoms with Crippen LogP contribution < -0.4 is 0 Å². The van der Waals surface area contributed by atoms with Crippen LogP contribution >= 0.6 is 0 Å². The van der Waals surface area contributed by atoms with Crippen molar-refractivity contribution in [2.75, 3.05) is 5.75 Å². The highest BCUT2D eigenvalue weighted by molar-refractivity contribution is 7.91. The molecule has 2 aromatic carbocycles. The summed E-state index contributed by atoms with van der Waals surface area (Å²) in [5.74, 6) is -2.65. The largest absolute Gasteiger partial charge is 0.480 e. The monoisotopic (exact) mass is 356 g/mol. The zero-order valence-corrected chi connectivity index (χ0v) is 14.1. The van der Waals surface area contributed by atoms with Crippen molar-refractivity contribution in [1.29, 1.82) is 0 Å². The lowest BCUT2D eigenvalue weighted by atomic mass is 10.1. The Morgan fingerprint density at radius 2 is 1.60 bits per heavy atom. The minimum absolute atomic E-state index is 0.379. The quantitative estimate of drug-likeness (QED) is 0.733. The molecule has 0 fully saturated rings. The van der Waals surface area contributed by atoms with Crippen LogP contribution in [0, 0.1) is 0 Å². The predicted molar refractivity (Wildman–Crippen MR) is 94.1 cm³/mol. The molecule has 0 aliphatic rings. The SMILES string of the molecule is O=C(O)CS(=O)(=O)Cc1cn(-c2ccccc2)nc1-c1ccccc1. The van der Waals surface area contributed by atoms with E-state index in [0.29, 0.717) is 11.3 Å². The van der Waals surface area contributed by atoms with E-state index in [1.165, 1.54) is 0 Å². The van der Waals surface area contributed by atoms with E-state index in [4.69, 9.17) is 5.11 Å².